The number of alkyl halides is 3. The van der Waals surface area contributed by atoms with Crippen LogP contribution in [0.5, 0.6) is 0 Å². The predicted octanol–water partition coefficient (Wildman–Crippen LogP) is 3.63. The first-order chi connectivity index (χ1) is 10.4. The van der Waals surface area contributed by atoms with E-state index in [1.807, 2.05) is 4.90 Å². The van der Waals surface area contributed by atoms with Crippen LogP contribution in [-0.2, 0) is 6.18 Å². The van der Waals surface area contributed by atoms with Crippen LogP contribution in [0.4, 0.5) is 18.9 Å². The van der Waals surface area contributed by atoms with Crippen LogP contribution in [-0.4, -0.2) is 31.2 Å². The number of halogens is 4. The summed E-state index contributed by atoms with van der Waals surface area (Å²) in [5.41, 5.74) is 0.308. The summed E-state index contributed by atoms with van der Waals surface area (Å²) in [5.74, 6) is 0. The highest BCUT2D eigenvalue weighted by molar-refractivity contribution is 6.35. The Labute approximate surface area is 131 Å². The summed E-state index contributed by atoms with van der Waals surface area (Å²) in [6.07, 6.45) is -4.44. The average Bonchev–Trinajstić information content (AvgIpc) is 2.48. The monoisotopic (exact) mass is 329 g/mol. The maximum Gasteiger partial charge on any atom is 0.418 e. The van der Waals surface area contributed by atoms with Crippen LogP contribution in [0.25, 0.3) is 10.9 Å². The Bertz CT molecular complexity index is 709. The van der Waals surface area contributed by atoms with Crippen molar-refractivity contribution in [3.63, 3.8) is 0 Å². The maximum absolute atomic E-state index is 13.2. The molecule has 1 aromatic heterocycles. The van der Waals surface area contributed by atoms with E-state index in [1.54, 1.807) is 13.0 Å². The Morgan fingerprint density at radius 2 is 1.91 bits per heavy atom. The standard InChI is InChI=1S/C15H15ClF3N3/c1-9-12(16)14(22-7-5-20-6-8-22)10-3-2-4-11(13(10)21-9)15(17,18)19/h2-4,20H,5-8H2,1H3. The van der Waals surface area contributed by atoms with E-state index in [0.29, 0.717) is 34.9 Å². The van der Waals surface area contributed by atoms with Gasteiger partial charge in [0.15, 0.2) is 0 Å². The Hall–Kier alpha value is -1.53. The molecule has 1 aromatic carbocycles. The number of fused-ring (bicyclic) bond motifs is 1. The fourth-order valence-corrected chi connectivity index (χ4v) is 3.05. The first kappa shape index (κ1) is 15.4. The molecule has 3 rings (SSSR count). The number of anilines is 1. The van der Waals surface area contributed by atoms with E-state index in [9.17, 15) is 13.2 Å². The van der Waals surface area contributed by atoms with E-state index in [1.165, 1.54) is 6.07 Å². The Morgan fingerprint density at radius 1 is 1.23 bits per heavy atom. The number of nitrogens with zero attached hydrogens (tertiary/aromatic N) is 2. The smallest absolute Gasteiger partial charge is 0.367 e. The van der Waals surface area contributed by atoms with E-state index in [2.05, 4.69) is 10.3 Å². The molecule has 0 radical (unpaired) electrons. The average molecular weight is 330 g/mol. The summed E-state index contributed by atoms with van der Waals surface area (Å²) >= 11 is 6.37. The van der Waals surface area contributed by atoms with Crippen molar-refractivity contribution in [2.45, 2.75) is 13.1 Å². The van der Waals surface area contributed by atoms with Crippen LogP contribution in [0.15, 0.2) is 18.2 Å². The van der Waals surface area contributed by atoms with E-state index in [-0.39, 0.29) is 5.52 Å². The molecule has 1 fully saturated rings. The maximum atomic E-state index is 13.2. The SMILES string of the molecule is Cc1nc2c(C(F)(F)F)cccc2c(N2CCNCC2)c1Cl. The van der Waals surface area contributed by atoms with Gasteiger partial charge in [0.1, 0.15) is 0 Å². The zero-order chi connectivity index (χ0) is 15.9. The zero-order valence-corrected chi connectivity index (χ0v) is 12.7. The summed E-state index contributed by atoms with van der Waals surface area (Å²) in [6.45, 7) is 4.60. The molecule has 0 spiro atoms. The van der Waals surface area contributed by atoms with E-state index in [0.717, 1.165) is 19.2 Å². The van der Waals surface area contributed by atoms with E-state index < -0.39 is 11.7 Å². The number of hydrogen-bond donors (Lipinski definition) is 1. The van der Waals surface area contributed by atoms with Gasteiger partial charge in [-0.2, -0.15) is 13.2 Å². The molecule has 1 aliphatic heterocycles. The predicted molar refractivity (Wildman–Crippen MR) is 81.6 cm³/mol. The second kappa shape index (κ2) is 5.59. The quantitative estimate of drug-likeness (QED) is 0.866. The number of benzene rings is 1. The number of aromatic nitrogens is 1. The van der Waals surface area contributed by atoms with Crippen LogP contribution in [0, 0.1) is 6.92 Å². The summed E-state index contributed by atoms with van der Waals surface area (Å²) in [7, 11) is 0. The Balaban J connectivity index is 2.28. The lowest BCUT2D eigenvalue weighted by Crippen LogP contribution is -2.43. The van der Waals surface area contributed by atoms with Gasteiger partial charge in [-0.05, 0) is 13.0 Å². The van der Waals surface area contributed by atoms with Crippen molar-refractivity contribution in [2.75, 3.05) is 31.1 Å². The highest BCUT2D eigenvalue weighted by Crippen LogP contribution is 2.40. The second-order valence-electron chi connectivity index (χ2n) is 5.30. The molecule has 0 unspecified atom stereocenters. The van der Waals surface area contributed by atoms with Crippen molar-refractivity contribution in [3.8, 4) is 0 Å². The van der Waals surface area contributed by atoms with Crippen molar-refractivity contribution in [3.05, 3.63) is 34.5 Å². The third-order valence-electron chi connectivity index (χ3n) is 3.83. The normalized spacial score (nSPS) is 16.3. The van der Waals surface area contributed by atoms with Crippen molar-refractivity contribution in [2.24, 2.45) is 0 Å². The van der Waals surface area contributed by atoms with Crippen LogP contribution in [0.3, 0.4) is 0 Å². The van der Waals surface area contributed by atoms with Gasteiger partial charge in [0, 0.05) is 31.6 Å². The van der Waals surface area contributed by atoms with Crippen LogP contribution in [0.1, 0.15) is 11.3 Å². The summed E-state index contributed by atoms with van der Waals surface area (Å²) < 4.78 is 39.7. The zero-order valence-electron chi connectivity index (χ0n) is 12.0. The molecular weight excluding hydrogens is 315 g/mol. The molecule has 1 aliphatic rings. The van der Waals surface area contributed by atoms with Crippen molar-refractivity contribution >= 4 is 28.2 Å². The molecule has 118 valence electrons. The molecule has 2 heterocycles. The van der Waals surface area contributed by atoms with Crippen LogP contribution in [0.2, 0.25) is 5.02 Å². The number of nitrogens with one attached hydrogen (secondary N) is 1. The van der Waals surface area contributed by atoms with Gasteiger partial charge in [-0.1, -0.05) is 23.7 Å². The van der Waals surface area contributed by atoms with Crippen molar-refractivity contribution < 1.29 is 13.2 Å². The van der Waals surface area contributed by atoms with Gasteiger partial charge < -0.3 is 10.2 Å². The van der Waals surface area contributed by atoms with Crippen LogP contribution >= 0.6 is 11.6 Å². The topological polar surface area (TPSA) is 28.2 Å². The fourth-order valence-electron chi connectivity index (χ4n) is 2.79. The fraction of sp³-hybridized carbons (Fsp3) is 0.400. The summed E-state index contributed by atoms with van der Waals surface area (Å²) in [4.78, 5) is 6.13. The van der Waals surface area contributed by atoms with E-state index >= 15 is 0 Å². The third kappa shape index (κ3) is 2.61. The number of pyridine rings is 1. The molecule has 0 amide bonds. The molecule has 0 bridgehead atoms. The van der Waals surface area contributed by atoms with E-state index in [4.69, 9.17) is 11.6 Å². The first-order valence-electron chi connectivity index (χ1n) is 7.01. The molecule has 0 aliphatic carbocycles. The molecule has 1 N–H and O–H groups in total. The number of aryl methyl sites for hydroxylation is 1. The lowest BCUT2D eigenvalue weighted by Gasteiger charge is -2.31. The molecule has 0 atom stereocenters. The van der Waals surface area contributed by atoms with Gasteiger partial charge >= 0.3 is 6.18 Å². The highest BCUT2D eigenvalue weighted by atomic mass is 35.5. The second-order valence-corrected chi connectivity index (χ2v) is 5.67. The largest absolute Gasteiger partial charge is 0.418 e. The number of hydrogen-bond acceptors (Lipinski definition) is 3. The molecule has 7 heteroatoms. The van der Waals surface area contributed by atoms with Gasteiger partial charge in [-0.25, -0.2) is 0 Å². The number of piperazine rings is 1. The Kier molecular flexibility index (Phi) is 3.91. The molecule has 2 aromatic rings. The van der Waals surface area contributed by atoms with Gasteiger partial charge in [-0.15, -0.1) is 0 Å². The van der Waals surface area contributed by atoms with Gasteiger partial charge in [-0.3, -0.25) is 4.98 Å². The Morgan fingerprint density at radius 3 is 2.55 bits per heavy atom. The molecule has 3 nitrogen and oxygen atoms in total. The van der Waals surface area contributed by atoms with Crippen LogP contribution < -0.4 is 10.2 Å². The van der Waals surface area contributed by atoms with Crippen molar-refractivity contribution in [1.29, 1.82) is 0 Å². The minimum atomic E-state index is -4.44. The molecule has 0 saturated carbocycles. The van der Waals surface area contributed by atoms with Gasteiger partial charge in [0.05, 0.1) is 27.5 Å². The lowest BCUT2D eigenvalue weighted by atomic mass is 10.1. The molecular formula is C15H15ClF3N3. The minimum absolute atomic E-state index is 0.0366. The highest BCUT2D eigenvalue weighted by Gasteiger charge is 2.34. The lowest BCUT2D eigenvalue weighted by molar-refractivity contribution is -0.136. The first-order valence-corrected chi connectivity index (χ1v) is 7.39. The minimum Gasteiger partial charge on any atom is -0.367 e. The molecule has 22 heavy (non-hydrogen) atoms. The molecule has 1 saturated heterocycles. The summed E-state index contributed by atoms with van der Waals surface area (Å²) in [5, 5.41) is 4.10. The van der Waals surface area contributed by atoms with Gasteiger partial charge in [0.25, 0.3) is 0 Å². The number of para-hydroxylation sites is 1. The summed E-state index contributed by atoms with van der Waals surface area (Å²) in [6, 6.07) is 4.12. The van der Waals surface area contributed by atoms with Gasteiger partial charge in [0.2, 0.25) is 0 Å². The van der Waals surface area contributed by atoms with Crippen molar-refractivity contribution in [1.82, 2.24) is 10.3 Å². The third-order valence-corrected chi connectivity index (χ3v) is 4.29. The number of rotatable bonds is 1.